The molecule has 0 amide bonds. The molecule has 0 radical (unpaired) electrons. The van der Waals surface area contributed by atoms with E-state index in [-0.39, 0.29) is 5.69 Å². The monoisotopic (exact) mass is 236 g/mol. The quantitative estimate of drug-likeness (QED) is 0.600. The SMILES string of the molecule is COc1ccc(OC(=O)c2cnsn2)cc1. The van der Waals surface area contributed by atoms with Crippen LogP contribution in [0.25, 0.3) is 0 Å². The van der Waals surface area contributed by atoms with Crippen LogP contribution in [0.15, 0.2) is 30.5 Å². The van der Waals surface area contributed by atoms with Crippen LogP contribution in [-0.2, 0) is 0 Å². The second kappa shape index (κ2) is 4.71. The Morgan fingerprint density at radius 1 is 1.25 bits per heavy atom. The van der Waals surface area contributed by atoms with Crippen LogP contribution < -0.4 is 9.47 Å². The molecular formula is C10H8N2O3S. The van der Waals surface area contributed by atoms with Gasteiger partial charge in [-0.1, -0.05) is 0 Å². The third kappa shape index (κ3) is 2.34. The summed E-state index contributed by atoms with van der Waals surface area (Å²) in [6.45, 7) is 0. The van der Waals surface area contributed by atoms with Crippen LogP contribution in [0, 0.1) is 0 Å². The van der Waals surface area contributed by atoms with Gasteiger partial charge in [-0.3, -0.25) is 0 Å². The van der Waals surface area contributed by atoms with Crippen molar-refractivity contribution >= 4 is 17.7 Å². The van der Waals surface area contributed by atoms with Crippen molar-refractivity contribution in [2.45, 2.75) is 0 Å². The third-order valence-electron chi connectivity index (χ3n) is 1.84. The topological polar surface area (TPSA) is 61.3 Å². The Morgan fingerprint density at radius 3 is 2.50 bits per heavy atom. The summed E-state index contributed by atoms with van der Waals surface area (Å²) < 4.78 is 17.6. The number of aromatic nitrogens is 2. The van der Waals surface area contributed by atoms with E-state index in [0.29, 0.717) is 11.5 Å². The molecule has 2 rings (SSSR count). The van der Waals surface area contributed by atoms with Gasteiger partial charge in [-0.15, -0.1) is 0 Å². The Labute approximate surface area is 96.0 Å². The number of esters is 1. The van der Waals surface area contributed by atoms with Crippen molar-refractivity contribution in [1.29, 1.82) is 0 Å². The van der Waals surface area contributed by atoms with Gasteiger partial charge in [0.05, 0.1) is 25.0 Å². The molecule has 0 aliphatic rings. The summed E-state index contributed by atoms with van der Waals surface area (Å²) in [7, 11) is 1.57. The first-order chi connectivity index (χ1) is 7.79. The summed E-state index contributed by atoms with van der Waals surface area (Å²) in [6, 6.07) is 6.72. The first-order valence-corrected chi connectivity index (χ1v) is 5.16. The zero-order valence-electron chi connectivity index (χ0n) is 8.41. The summed E-state index contributed by atoms with van der Waals surface area (Å²) in [6.07, 6.45) is 1.37. The van der Waals surface area contributed by atoms with Crippen molar-refractivity contribution in [2.75, 3.05) is 7.11 Å². The van der Waals surface area contributed by atoms with Crippen LogP contribution in [-0.4, -0.2) is 21.8 Å². The van der Waals surface area contributed by atoms with Gasteiger partial charge in [-0.05, 0) is 24.3 Å². The van der Waals surface area contributed by atoms with Crippen LogP contribution >= 0.6 is 11.7 Å². The summed E-state index contributed by atoms with van der Waals surface area (Å²) in [5.74, 6) is 0.632. The molecule has 1 heterocycles. The number of rotatable bonds is 3. The number of hydrogen-bond donors (Lipinski definition) is 0. The Hall–Kier alpha value is -1.95. The first kappa shape index (κ1) is 10.6. The summed E-state index contributed by atoms with van der Waals surface area (Å²) in [4.78, 5) is 11.5. The zero-order valence-corrected chi connectivity index (χ0v) is 9.23. The van der Waals surface area contributed by atoms with Gasteiger partial charge in [0.25, 0.3) is 0 Å². The highest BCUT2D eigenvalue weighted by atomic mass is 32.1. The van der Waals surface area contributed by atoms with Crippen LogP contribution in [0.1, 0.15) is 10.5 Å². The molecule has 0 bridgehead atoms. The second-order valence-electron chi connectivity index (χ2n) is 2.86. The highest BCUT2D eigenvalue weighted by Crippen LogP contribution is 2.17. The molecule has 16 heavy (non-hydrogen) atoms. The van der Waals surface area contributed by atoms with Crippen molar-refractivity contribution in [2.24, 2.45) is 0 Å². The van der Waals surface area contributed by atoms with Gasteiger partial charge in [0.15, 0.2) is 5.69 Å². The molecule has 0 N–H and O–H groups in total. The van der Waals surface area contributed by atoms with Crippen molar-refractivity contribution in [3.8, 4) is 11.5 Å². The molecule has 0 saturated carbocycles. The molecule has 6 heteroatoms. The summed E-state index contributed by atoms with van der Waals surface area (Å²) in [5.41, 5.74) is 0.209. The van der Waals surface area contributed by atoms with Gasteiger partial charge >= 0.3 is 5.97 Å². The molecule has 0 unspecified atom stereocenters. The molecule has 1 aromatic heterocycles. The molecule has 2 aromatic rings. The standard InChI is InChI=1S/C10H8N2O3S/c1-14-7-2-4-8(5-3-7)15-10(13)9-6-11-16-12-9/h2-6H,1H3. The van der Waals surface area contributed by atoms with Crippen LogP contribution in [0.3, 0.4) is 0 Å². The number of benzene rings is 1. The Kier molecular flexibility index (Phi) is 3.11. The van der Waals surface area contributed by atoms with Crippen molar-refractivity contribution in [1.82, 2.24) is 8.75 Å². The molecular weight excluding hydrogens is 228 g/mol. The zero-order chi connectivity index (χ0) is 11.4. The fourth-order valence-electron chi connectivity index (χ4n) is 1.06. The molecule has 0 aliphatic heterocycles. The highest BCUT2D eigenvalue weighted by Gasteiger charge is 2.11. The number of ether oxygens (including phenoxy) is 2. The van der Waals surface area contributed by atoms with Gasteiger partial charge in [0, 0.05) is 0 Å². The van der Waals surface area contributed by atoms with E-state index in [1.807, 2.05) is 0 Å². The van der Waals surface area contributed by atoms with E-state index < -0.39 is 5.97 Å². The van der Waals surface area contributed by atoms with Crippen molar-refractivity contribution in [3.63, 3.8) is 0 Å². The lowest BCUT2D eigenvalue weighted by Gasteiger charge is -2.03. The van der Waals surface area contributed by atoms with Gasteiger partial charge < -0.3 is 9.47 Å². The summed E-state index contributed by atoms with van der Waals surface area (Å²) >= 11 is 0.964. The van der Waals surface area contributed by atoms with Crippen molar-refractivity contribution < 1.29 is 14.3 Å². The lowest BCUT2D eigenvalue weighted by molar-refractivity contribution is 0.0729. The average Bonchev–Trinajstić information content (AvgIpc) is 2.83. The molecule has 1 aromatic carbocycles. The fourth-order valence-corrected chi connectivity index (χ4v) is 1.46. The number of hydrogen-bond acceptors (Lipinski definition) is 6. The normalized spacial score (nSPS) is 9.81. The molecule has 0 saturated heterocycles. The van der Waals surface area contributed by atoms with Gasteiger partial charge in [0.2, 0.25) is 0 Å². The highest BCUT2D eigenvalue weighted by molar-refractivity contribution is 6.99. The smallest absolute Gasteiger partial charge is 0.365 e. The van der Waals surface area contributed by atoms with Gasteiger partial charge in [-0.25, -0.2) is 4.79 Å². The molecule has 5 nitrogen and oxygen atoms in total. The maximum atomic E-state index is 11.5. The van der Waals surface area contributed by atoms with Crippen LogP contribution in [0.4, 0.5) is 0 Å². The number of carbonyl (C=O) groups excluding carboxylic acids is 1. The van der Waals surface area contributed by atoms with E-state index in [1.54, 1.807) is 31.4 Å². The van der Waals surface area contributed by atoms with E-state index >= 15 is 0 Å². The van der Waals surface area contributed by atoms with Gasteiger partial charge in [0.1, 0.15) is 11.5 Å². The van der Waals surface area contributed by atoms with Crippen LogP contribution in [0.2, 0.25) is 0 Å². The number of nitrogens with zero attached hydrogens (tertiary/aromatic N) is 2. The number of methoxy groups -OCH3 is 1. The Morgan fingerprint density at radius 2 is 1.94 bits per heavy atom. The minimum atomic E-state index is -0.515. The largest absolute Gasteiger partial charge is 0.497 e. The third-order valence-corrected chi connectivity index (χ3v) is 2.32. The van der Waals surface area contributed by atoms with E-state index in [9.17, 15) is 4.79 Å². The Bertz CT molecular complexity index is 467. The lowest BCUT2D eigenvalue weighted by atomic mass is 10.3. The minimum absolute atomic E-state index is 0.209. The molecule has 0 fully saturated rings. The maximum Gasteiger partial charge on any atom is 0.365 e. The molecule has 0 spiro atoms. The van der Waals surface area contributed by atoms with E-state index in [4.69, 9.17) is 9.47 Å². The number of carbonyl (C=O) groups is 1. The predicted octanol–water partition coefficient (Wildman–Crippen LogP) is 1.77. The van der Waals surface area contributed by atoms with Gasteiger partial charge in [-0.2, -0.15) is 8.75 Å². The molecule has 0 atom stereocenters. The molecule has 82 valence electrons. The second-order valence-corrected chi connectivity index (χ2v) is 3.41. The Balaban J connectivity index is 2.06. The van der Waals surface area contributed by atoms with E-state index in [2.05, 4.69) is 8.75 Å². The maximum absolute atomic E-state index is 11.5. The summed E-state index contributed by atoms with van der Waals surface area (Å²) in [5, 5.41) is 0. The predicted molar refractivity (Wildman–Crippen MR) is 57.9 cm³/mol. The van der Waals surface area contributed by atoms with Crippen LogP contribution in [0.5, 0.6) is 11.5 Å². The van der Waals surface area contributed by atoms with Crippen molar-refractivity contribution in [3.05, 3.63) is 36.2 Å². The first-order valence-electron chi connectivity index (χ1n) is 4.43. The fraction of sp³-hybridized carbons (Fsp3) is 0.100. The lowest BCUT2D eigenvalue weighted by Crippen LogP contribution is -2.08. The van der Waals surface area contributed by atoms with E-state index in [1.165, 1.54) is 6.20 Å². The average molecular weight is 236 g/mol. The van der Waals surface area contributed by atoms with E-state index in [0.717, 1.165) is 11.7 Å². The molecule has 0 aliphatic carbocycles. The minimum Gasteiger partial charge on any atom is -0.497 e.